The molecule has 0 spiro atoms. The first kappa shape index (κ1) is 44.7. The maximum Gasteiger partial charge on any atom is 0.433 e. The third kappa shape index (κ3) is 12.3. The Hall–Kier alpha value is -5.41. The molecule has 0 aliphatic carbocycles. The predicted molar refractivity (Wildman–Crippen MR) is 210 cm³/mol. The van der Waals surface area contributed by atoms with Crippen LogP contribution in [0.2, 0.25) is 0 Å². The normalized spacial score (nSPS) is 11.9. The first-order valence-electron chi connectivity index (χ1n) is 17.5. The van der Waals surface area contributed by atoms with Gasteiger partial charge in [0.2, 0.25) is 0 Å². The largest absolute Gasteiger partial charge is 0.466 e. The Balaban J connectivity index is 0.000000224. The average molecular weight is 957 g/mol. The van der Waals surface area contributed by atoms with Crippen molar-refractivity contribution < 1.29 is 50.6 Å². The number of aryl methyl sites for hydroxylation is 2. The molecule has 6 aromatic rings. The molecule has 13 nitrogen and oxygen atoms in total. The lowest BCUT2D eigenvalue weighted by molar-refractivity contribution is -0.143. The number of imidazole rings is 2. The zero-order chi connectivity index (χ0) is 43.3. The van der Waals surface area contributed by atoms with Crippen molar-refractivity contribution in [1.29, 1.82) is 0 Å². The Bertz CT molecular complexity index is 2500. The number of rotatable bonds is 11. The molecule has 0 aliphatic rings. The summed E-state index contributed by atoms with van der Waals surface area (Å²) < 4.78 is 86.1. The molecule has 6 heterocycles. The highest BCUT2D eigenvalue weighted by Gasteiger charge is 2.34. The summed E-state index contributed by atoms with van der Waals surface area (Å²) in [6.45, 7) is 5.47. The van der Waals surface area contributed by atoms with E-state index in [9.17, 15) is 45.8 Å². The van der Waals surface area contributed by atoms with Crippen LogP contribution in [0, 0.1) is 0 Å². The molecule has 21 heteroatoms. The number of esters is 1. The summed E-state index contributed by atoms with van der Waals surface area (Å²) in [6, 6.07) is 9.58. The number of halogens is 8. The van der Waals surface area contributed by atoms with Gasteiger partial charge in [-0.1, -0.05) is 12.1 Å². The highest BCUT2D eigenvalue weighted by molar-refractivity contribution is 9.11. The third-order valence-corrected chi connectivity index (χ3v) is 9.42. The summed E-state index contributed by atoms with van der Waals surface area (Å²) in [7, 11) is 0. The van der Waals surface area contributed by atoms with Gasteiger partial charge in [-0.2, -0.15) is 26.3 Å². The SMILES string of the molecule is CC(C)(O)CCc1cn2cc(NC(=O)c3cccc(C(F)(F)F)n3)c(Br)cc2n1.CCOC(=O)CCc1cn2cc(NC(=O)c3cccc(C(F)(F)F)n3)c(Br)cc2n1. The highest BCUT2D eigenvalue weighted by atomic mass is 79.9. The summed E-state index contributed by atoms with van der Waals surface area (Å²) in [5, 5.41) is 14.9. The Morgan fingerprint density at radius 1 is 0.712 bits per heavy atom. The van der Waals surface area contributed by atoms with Crippen LogP contribution >= 0.6 is 31.9 Å². The van der Waals surface area contributed by atoms with Crippen molar-refractivity contribution in [2.45, 2.75) is 64.4 Å². The first-order valence-corrected chi connectivity index (χ1v) is 19.1. The van der Waals surface area contributed by atoms with Crippen LogP contribution in [0.1, 0.15) is 77.4 Å². The molecule has 6 aromatic heterocycles. The van der Waals surface area contributed by atoms with Gasteiger partial charge in [0.15, 0.2) is 0 Å². The van der Waals surface area contributed by atoms with Gasteiger partial charge in [-0.25, -0.2) is 19.9 Å². The van der Waals surface area contributed by atoms with Crippen LogP contribution in [0.25, 0.3) is 11.3 Å². The van der Waals surface area contributed by atoms with E-state index in [0.717, 1.165) is 30.0 Å². The number of nitrogens with one attached hydrogen (secondary N) is 2. The molecular weight excluding hydrogens is 922 g/mol. The van der Waals surface area contributed by atoms with Crippen LogP contribution in [0.3, 0.4) is 0 Å². The van der Waals surface area contributed by atoms with Crippen molar-refractivity contribution in [2.24, 2.45) is 0 Å². The number of ether oxygens (including phenoxy) is 1. The van der Waals surface area contributed by atoms with Gasteiger partial charge in [0.1, 0.15) is 34.1 Å². The van der Waals surface area contributed by atoms with Crippen molar-refractivity contribution in [3.63, 3.8) is 0 Å². The van der Waals surface area contributed by atoms with Crippen molar-refractivity contribution in [1.82, 2.24) is 28.7 Å². The summed E-state index contributed by atoms with van der Waals surface area (Å²) in [4.78, 5) is 51.9. The predicted octanol–water partition coefficient (Wildman–Crippen LogP) is 8.73. The minimum absolute atomic E-state index is 0.184. The Kier molecular flexibility index (Phi) is 13.8. The number of hydrogen-bond acceptors (Lipinski definition) is 9. The number of aromatic nitrogens is 6. The van der Waals surface area contributed by atoms with Gasteiger partial charge in [-0.3, -0.25) is 14.4 Å². The summed E-state index contributed by atoms with van der Waals surface area (Å²) in [6.07, 6.45) is -0.986. The van der Waals surface area contributed by atoms with E-state index < -0.39 is 41.2 Å². The molecule has 0 aromatic carbocycles. The molecule has 0 bridgehead atoms. The molecule has 2 amide bonds. The topological polar surface area (TPSA) is 165 Å². The number of aliphatic hydroxyl groups is 1. The lowest BCUT2D eigenvalue weighted by Gasteiger charge is -2.15. The lowest BCUT2D eigenvalue weighted by atomic mass is 10.0. The van der Waals surface area contributed by atoms with Crippen molar-refractivity contribution in [3.05, 3.63) is 116 Å². The Morgan fingerprint density at radius 2 is 1.15 bits per heavy atom. The molecule has 0 unspecified atom stereocenters. The van der Waals surface area contributed by atoms with E-state index in [4.69, 9.17) is 4.74 Å². The van der Waals surface area contributed by atoms with Gasteiger partial charge >= 0.3 is 18.3 Å². The zero-order valence-corrected chi connectivity index (χ0v) is 34.4. The second kappa shape index (κ2) is 18.2. The van der Waals surface area contributed by atoms with Crippen LogP contribution in [0.4, 0.5) is 37.7 Å². The number of fused-ring (bicyclic) bond motifs is 2. The molecule has 0 atom stereocenters. The number of carbonyl (C=O) groups is 3. The van der Waals surface area contributed by atoms with Gasteiger partial charge < -0.3 is 29.3 Å². The zero-order valence-electron chi connectivity index (χ0n) is 31.3. The number of carbonyl (C=O) groups excluding carboxylic acids is 3. The fourth-order valence-corrected chi connectivity index (χ4v) is 6.07. The van der Waals surface area contributed by atoms with E-state index in [2.05, 4.69) is 62.4 Å². The molecule has 3 N–H and O–H groups in total. The number of amides is 2. The smallest absolute Gasteiger partial charge is 0.433 e. The van der Waals surface area contributed by atoms with Crippen LogP contribution in [-0.4, -0.2) is 63.8 Å². The van der Waals surface area contributed by atoms with Crippen LogP contribution < -0.4 is 10.6 Å². The molecule has 6 rings (SSSR count). The van der Waals surface area contributed by atoms with Crippen LogP contribution in [0.15, 0.2) is 82.3 Å². The van der Waals surface area contributed by atoms with Crippen molar-refractivity contribution in [3.8, 4) is 0 Å². The van der Waals surface area contributed by atoms with E-state index in [1.54, 1.807) is 66.5 Å². The Morgan fingerprint density at radius 3 is 1.56 bits per heavy atom. The van der Waals surface area contributed by atoms with E-state index in [1.165, 1.54) is 12.1 Å². The van der Waals surface area contributed by atoms with Crippen molar-refractivity contribution in [2.75, 3.05) is 17.2 Å². The fraction of sp³-hybridized carbons (Fsp3) is 0.289. The molecule has 0 saturated carbocycles. The molecule has 0 aliphatic heterocycles. The monoisotopic (exact) mass is 954 g/mol. The van der Waals surface area contributed by atoms with E-state index in [0.29, 0.717) is 63.2 Å². The molecular formula is C38H34Br2F6N8O5. The van der Waals surface area contributed by atoms with Crippen LogP contribution in [0.5, 0.6) is 0 Å². The van der Waals surface area contributed by atoms with E-state index >= 15 is 0 Å². The molecule has 0 saturated heterocycles. The maximum absolute atomic E-state index is 12.8. The summed E-state index contributed by atoms with van der Waals surface area (Å²) in [5.74, 6) is -1.88. The molecule has 0 radical (unpaired) electrons. The number of pyridine rings is 4. The minimum Gasteiger partial charge on any atom is -0.466 e. The van der Waals surface area contributed by atoms with Gasteiger partial charge in [0, 0.05) is 40.2 Å². The number of hydrogen-bond donors (Lipinski definition) is 3. The van der Waals surface area contributed by atoms with Crippen LogP contribution in [-0.2, 0) is 34.7 Å². The number of nitrogens with zero attached hydrogens (tertiary/aromatic N) is 6. The van der Waals surface area contributed by atoms with E-state index in [1.807, 2.05) is 0 Å². The fourth-order valence-electron chi connectivity index (χ4n) is 5.26. The van der Waals surface area contributed by atoms with Gasteiger partial charge in [-0.05, 0) is 102 Å². The molecule has 312 valence electrons. The summed E-state index contributed by atoms with van der Waals surface area (Å²) in [5.41, 5.74) is -0.520. The first-order chi connectivity index (χ1) is 27.6. The van der Waals surface area contributed by atoms with E-state index in [-0.39, 0.29) is 23.8 Å². The lowest BCUT2D eigenvalue weighted by Crippen LogP contribution is -2.19. The van der Waals surface area contributed by atoms with Crippen molar-refractivity contribution >= 4 is 72.3 Å². The number of anilines is 2. The average Bonchev–Trinajstić information content (AvgIpc) is 3.75. The second-order valence-corrected chi connectivity index (χ2v) is 15.1. The third-order valence-electron chi connectivity index (χ3n) is 8.11. The summed E-state index contributed by atoms with van der Waals surface area (Å²) >= 11 is 6.65. The van der Waals surface area contributed by atoms with Gasteiger partial charge in [0.05, 0.1) is 41.4 Å². The quantitative estimate of drug-likeness (QED) is 0.0851. The molecule has 0 fully saturated rings. The van der Waals surface area contributed by atoms with Gasteiger partial charge in [0.25, 0.3) is 11.8 Å². The highest BCUT2D eigenvalue weighted by Crippen LogP contribution is 2.30. The maximum atomic E-state index is 12.8. The van der Waals surface area contributed by atoms with Gasteiger partial charge in [-0.15, -0.1) is 0 Å². The standard InChI is InChI=1S/C19H16BrF3N4O3.C19H18BrF3N4O2/c1-2-30-17(28)7-6-11-9-27-10-14(12(20)8-16(27)24-11)26-18(29)13-4-3-5-15(25-13)19(21,22)23;1-18(2,29)7-6-11-9-27-10-14(12(20)8-16(27)24-11)26-17(28)13-4-3-5-15(25-13)19(21,22)23/h3-5,8-10H,2,6-7H2,1H3,(H,26,29);3-5,8-10,29H,6-7H2,1-2H3,(H,26,28). The minimum atomic E-state index is -4.65. The second-order valence-electron chi connectivity index (χ2n) is 13.4. The molecule has 59 heavy (non-hydrogen) atoms. The number of alkyl halides is 6. The Labute approximate surface area is 348 Å².